The van der Waals surface area contributed by atoms with Gasteiger partial charge in [-0.25, -0.2) is 0 Å². The third-order valence-corrected chi connectivity index (χ3v) is 3.73. The molecule has 1 aliphatic heterocycles. The number of carbonyl (C=O) groups excluding carboxylic acids is 2. The fourth-order valence-corrected chi connectivity index (χ4v) is 2.57. The number of hydrogen-bond acceptors (Lipinski definition) is 6. The molecular formula is C18H18O5S. The third kappa shape index (κ3) is 6.11. The molecule has 0 aromatic heterocycles. The molecule has 0 spiro atoms. The van der Waals surface area contributed by atoms with Gasteiger partial charge in [-0.2, -0.15) is 0 Å². The highest BCUT2D eigenvalue weighted by molar-refractivity contribution is 8.03. The van der Waals surface area contributed by atoms with Crippen LogP contribution in [0.3, 0.4) is 0 Å². The van der Waals surface area contributed by atoms with Gasteiger partial charge < -0.3 is 14.2 Å². The van der Waals surface area contributed by atoms with Crippen molar-refractivity contribution in [2.45, 2.75) is 37.1 Å². The van der Waals surface area contributed by atoms with Crippen molar-refractivity contribution >= 4 is 23.7 Å². The van der Waals surface area contributed by atoms with Crippen LogP contribution >= 0.6 is 11.8 Å². The Kier molecular flexibility index (Phi) is 6.91. The molecule has 0 amide bonds. The molecule has 1 aliphatic rings. The number of rotatable bonds is 4. The van der Waals surface area contributed by atoms with Gasteiger partial charge in [0.1, 0.15) is 12.7 Å². The number of ether oxygens (including phenoxy) is 3. The molecule has 126 valence electrons. The van der Waals surface area contributed by atoms with E-state index in [9.17, 15) is 9.59 Å². The average Bonchev–Trinajstić information content (AvgIpc) is 2.55. The summed E-state index contributed by atoms with van der Waals surface area (Å²) in [4.78, 5) is 23.1. The summed E-state index contributed by atoms with van der Waals surface area (Å²) in [6.45, 7) is 2.77. The summed E-state index contributed by atoms with van der Waals surface area (Å²) in [5.41, 5.74) is 0. The Labute approximate surface area is 145 Å². The minimum absolute atomic E-state index is 0.0998. The Bertz CT molecular complexity index is 659. The van der Waals surface area contributed by atoms with Crippen LogP contribution in [0.1, 0.15) is 13.8 Å². The van der Waals surface area contributed by atoms with Crippen molar-refractivity contribution in [3.05, 3.63) is 42.5 Å². The van der Waals surface area contributed by atoms with Crippen molar-refractivity contribution in [3.63, 3.8) is 0 Å². The SMILES string of the molecule is CC(=O)OC[C@@H]1C=C[C@@H](OC(C)=O)[C@H](C#CSc2ccccc2)O1. The van der Waals surface area contributed by atoms with E-state index in [1.165, 1.54) is 25.6 Å². The van der Waals surface area contributed by atoms with E-state index in [4.69, 9.17) is 14.2 Å². The zero-order chi connectivity index (χ0) is 17.4. The molecule has 3 atom stereocenters. The molecule has 0 N–H and O–H groups in total. The smallest absolute Gasteiger partial charge is 0.303 e. The summed E-state index contributed by atoms with van der Waals surface area (Å²) in [7, 11) is 0. The molecule has 2 rings (SSSR count). The molecule has 0 saturated carbocycles. The summed E-state index contributed by atoms with van der Waals surface area (Å²) >= 11 is 1.36. The highest BCUT2D eigenvalue weighted by atomic mass is 32.2. The van der Waals surface area contributed by atoms with E-state index in [0.717, 1.165) is 4.90 Å². The van der Waals surface area contributed by atoms with Crippen molar-refractivity contribution < 1.29 is 23.8 Å². The molecule has 0 unspecified atom stereocenters. The Hall–Kier alpha value is -2.23. The zero-order valence-electron chi connectivity index (χ0n) is 13.4. The van der Waals surface area contributed by atoms with Gasteiger partial charge in [0, 0.05) is 18.7 Å². The van der Waals surface area contributed by atoms with E-state index in [0.29, 0.717) is 0 Å². The molecule has 6 heteroatoms. The lowest BCUT2D eigenvalue weighted by Gasteiger charge is -2.28. The summed E-state index contributed by atoms with van der Waals surface area (Å²) in [6.07, 6.45) is 1.81. The second-order valence-electron chi connectivity index (χ2n) is 5.02. The second-order valence-corrected chi connectivity index (χ2v) is 5.90. The molecule has 24 heavy (non-hydrogen) atoms. The van der Waals surface area contributed by atoms with Crippen LogP contribution in [0.2, 0.25) is 0 Å². The van der Waals surface area contributed by atoms with E-state index in [-0.39, 0.29) is 12.6 Å². The fourth-order valence-electron chi connectivity index (χ4n) is 1.98. The van der Waals surface area contributed by atoms with Gasteiger partial charge in [0.25, 0.3) is 0 Å². The number of carbonyl (C=O) groups is 2. The van der Waals surface area contributed by atoms with Crippen LogP contribution in [0.25, 0.3) is 0 Å². The van der Waals surface area contributed by atoms with Crippen molar-refractivity contribution in [1.82, 2.24) is 0 Å². The maximum Gasteiger partial charge on any atom is 0.303 e. The van der Waals surface area contributed by atoms with Crippen LogP contribution in [0.4, 0.5) is 0 Å². The lowest BCUT2D eigenvalue weighted by atomic mass is 10.1. The van der Waals surface area contributed by atoms with Crippen molar-refractivity contribution in [2.75, 3.05) is 6.61 Å². The normalized spacial score (nSPS) is 22.2. The van der Waals surface area contributed by atoms with Crippen molar-refractivity contribution in [3.8, 4) is 11.2 Å². The highest BCUT2D eigenvalue weighted by Gasteiger charge is 2.28. The largest absolute Gasteiger partial charge is 0.463 e. The first-order chi connectivity index (χ1) is 11.5. The first kappa shape index (κ1) is 18.1. The number of hydrogen-bond donors (Lipinski definition) is 0. The van der Waals surface area contributed by atoms with Crippen molar-refractivity contribution in [2.24, 2.45) is 0 Å². The number of benzene rings is 1. The summed E-state index contributed by atoms with van der Waals surface area (Å²) in [6, 6.07) is 9.70. The van der Waals surface area contributed by atoms with Gasteiger partial charge in [0.15, 0.2) is 12.2 Å². The maximum atomic E-state index is 11.2. The summed E-state index contributed by atoms with van der Waals surface area (Å²) < 4.78 is 15.9. The number of esters is 2. The monoisotopic (exact) mass is 346 g/mol. The van der Waals surface area contributed by atoms with Crippen LogP contribution in [0.5, 0.6) is 0 Å². The van der Waals surface area contributed by atoms with Crippen molar-refractivity contribution in [1.29, 1.82) is 0 Å². The molecule has 0 bridgehead atoms. The summed E-state index contributed by atoms with van der Waals surface area (Å²) in [5, 5.41) is 2.97. The van der Waals surface area contributed by atoms with E-state index >= 15 is 0 Å². The van der Waals surface area contributed by atoms with E-state index in [1.54, 1.807) is 12.2 Å². The van der Waals surface area contributed by atoms with Gasteiger partial charge in [0.2, 0.25) is 0 Å². The standard InChI is InChI=1S/C18H18O5S/c1-13(19)21-12-15-8-9-17(22-14(2)20)18(23-15)10-11-24-16-6-4-3-5-7-16/h3-9,15,17-18H,12H2,1-2H3/t15-,17+,18-/m0/s1. The van der Waals surface area contributed by atoms with Gasteiger partial charge in [0.05, 0.1) is 0 Å². The Morgan fingerprint density at radius 1 is 1.17 bits per heavy atom. The van der Waals surface area contributed by atoms with Gasteiger partial charge >= 0.3 is 11.9 Å². The molecule has 0 radical (unpaired) electrons. The predicted octanol–water partition coefficient (Wildman–Crippen LogP) is 2.56. The first-order valence-corrected chi connectivity index (χ1v) is 8.23. The third-order valence-electron chi connectivity index (χ3n) is 3.00. The van der Waals surface area contributed by atoms with E-state index in [2.05, 4.69) is 11.2 Å². The Morgan fingerprint density at radius 3 is 2.58 bits per heavy atom. The second kappa shape index (κ2) is 9.16. The lowest BCUT2D eigenvalue weighted by molar-refractivity contribution is -0.154. The van der Waals surface area contributed by atoms with E-state index < -0.39 is 24.3 Å². The Morgan fingerprint density at radius 2 is 1.92 bits per heavy atom. The fraction of sp³-hybridized carbons (Fsp3) is 0.333. The minimum atomic E-state index is -0.615. The van der Waals surface area contributed by atoms with Crippen LogP contribution in [-0.2, 0) is 23.8 Å². The maximum absolute atomic E-state index is 11.2. The lowest BCUT2D eigenvalue weighted by Crippen LogP contribution is -2.38. The molecule has 0 aliphatic carbocycles. The van der Waals surface area contributed by atoms with Crippen LogP contribution in [0.15, 0.2) is 47.4 Å². The molecule has 1 aromatic rings. The minimum Gasteiger partial charge on any atom is -0.463 e. The predicted molar refractivity (Wildman–Crippen MR) is 90.1 cm³/mol. The topological polar surface area (TPSA) is 61.8 Å². The average molecular weight is 346 g/mol. The van der Waals surface area contributed by atoms with Gasteiger partial charge in [-0.05, 0) is 35.2 Å². The first-order valence-electron chi connectivity index (χ1n) is 7.41. The Balaban J connectivity index is 2.03. The van der Waals surface area contributed by atoms with Crippen LogP contribution in [-0.4, -0.2) is 36.9 Å². The highest BCUT2D eigenvalue weighted by Crippen LogP contribution is 2.19. The summed E-state index contributed by atoms with van der Waals surface area (Å²) in [5.74, 6) is 2.18. The van der Waals surface area contributed by atoms with E-state index in [1.807, 2.05) is 30.3 Å². The number of thioether (sulfide) groups is 1. The zero-order valence-corrected chi connectivity index (χ0v) is 14.2. The molecule has 0 fully saturated rings. The quantitative estimate of drug-likeness (QED) is 0.361. The van der Waals surface area contributed by atoms with Gasteiger partial charge in [-0.1, -0.05) is 30.2 Å². The van der Waals surface area contributed by atoms with Crippen LogP contribution in [0, 0.1) is 11.2 Å². The molecular weight excluding hydrogens is 328 g/mol. The van der Waals surface area contributed by atoms with Gasteiger partial charge in [-0.15, -0.1) is 0 Å². The van der Waals surface area contributed by atoms with Crippen LogP contribution < -0.4 is 0 Å². The molecule has 1 heterocycles. The van der Waals surface area contributed by atoms with Gasteiger partial charge in [-0.3, -0.25) is 9.59 Å². The molecule has 1 aromatic carbocycles. The molecule has 5 nitrogen and oxygen atoms in total. The molecule has 0 saturated heterocycles.